The molecule has 1 atom stereocenters. The summed E-state index contributed by atoms with van der Waals surface area (Å²) < 4.78 is 22.7. The van der Waals surface area contributed by atoms with Crippen LogP contribution >= 0.6 is 0 Å². The highest BCUT2D eigenvalue weighted by molar-refractivity contribution is 7.89. The van der Waals surface area contributed by atoms with E-state index in [1.165, 1.54) is 6.42 Å². The van der Waals surface area contributed by atoms with Crippen molar-refractivity contribution >= 4 is 16.1 Å². The maximum atomic E-state index is 12.1. The number of primary sulfonamides is 1. The first kappa shape index (κ1) is 14.6. The molecule has 2 fully saturated rings. The average molecular weight is 289 g/mol. The number of likely N-dealkylation sites (tertiary alicyclic amines) is 1. The summed E-state index contributed by atoms with van der Waals surface area (Å²) >= 11 is 0. The van der Waals surface area contributed by atoms with Crippen molar-refractivity contribution in [3.63, 3.8) is 0 Å². The predicted octanol–water partition coefficient (Wildman–Crippen LogP) is 0.782. The molecule has 0 spiro atoms. The second-order valence-corrected chi connectivity index (χ2v) is 7.43. The number of piperidine rings is 1. The Bertz CT molecular complexity index is 418. The highest BCUT2D eigenvalue weighted by Gasteiger charge is 2.31. The number of nitrogens with one attached hydrogen (secondary N) is 1. The van der Waals surface area contributed by atoms with E-state index in [1.807, 2.05) is 0 Å². The molecule has 6 nitrogen and oxygen atoms in total. The Kier molecular flexibility index (Phi) is 4.67. The SMILES string of the molecule is NS(=O)(=O)C1CCCN(C(=O)NC2CCCCC2)C1. The number of hydrogen-bond donors (Lipinski definition) is 2. The van der Waals surface area contributed by atoms with Crippen LogP contribution in [0.25, 0.3) is 0 Å². The summed E-state index contributed by atoms with van der Waals surface area (Å²) in [6, 6.07) is 0.108. The van der Waals surface area contributed by atoms with E-state index >= 15 is 0 Å². The number of nitrogens with two attached hydrogens (primary N) is 1. The number of carbonyl (C=O) groups excluding carboxylic acids is 1. The number of rotatable bonds is 2. The van der Waals surface area contributed by atoms with Gasteiger partial charge in [-0.1, -0.05) is 19.3 Å². The summed E-state index contributed by atoms with van der Waals surface area (Å²) in [7, 11) is -3.55. The van der Waals surface area contributed by atoms with Crippen LogP contribution in [0.2, 0.25) is 0 Å². The second kappa shape index (κ2) is 6.09. The fraction of sp³-hybridized carbons (Fsp3) is 0.917. The molecule has 1 aliphatic heterocycles. The molecule has 1 heterocycles. The number of sulfonamides is 1. The van der Waals surface area contributed by atoms with Gasteiger partial charge in [0.2, 0.25) is 10.0 Å². The quantitative estimate of drug-likeness (QED) is 0.787. The van der Waals surface area contributed by atoms with Crippen LogP contribution in [0.3, 0.4) is 0 Å². The van der Waals surface area contributed by atoms with Gasteiger partial charge in [0.05, 0.1) is 5.25 Å². The molecule has 19 heavy (non-hydrogen) atoms. The van der Waals surface area contributed by atoms with Crippen LogP contribution in [0.4, 0.5) is 4.79 Å². The predicted molar refractivity (Wildman–Crippen MR) is 73.1 cm³/mol. The molecule has 0 bridgehead atoms. The molecule has 2 rings (SSSR count). The van der Waals surface area contributed by atoms with E-state index in [1.54, 1.807) is 4.90 Å². The van der Waals surface area contributed by atoms with Gasteiger partial charge in [-0.15, -0.1) is 0 Å². The van der Waals surface area contributed by atoms with Gasteiger partial charge in [-0.05, 0) is 25.7 Å². The van der Waals surface area contributed by atoms with Gasteiger partial charge < -0.3 is 10.2 Å². The molecule has 3 N–H and O–H groups in total. The van der Waals surface area contributed by atoms with Crippen LogP contribution in [-0.2, 0) is 10.0 Å². The van der Waals surface area contributed by atoms with Crippen molar-refractivity contribution in [2.75, 3.05) is 13.1 Å². The zero-order valence-electron chi connectivity index (χ0n) is 11.2. The van der Waals surface area contributed by atoms with E-state index in [-0.39, 0.29) is 18.6 Å². The maximum Gasteiger partial charge on any atom is 0.317 e. The zero-order chi connectivity index (χ0) is 13.9. The Morgan fingerprint density at radius 3 is 2.42 bits per heavy atom. The zero-order valence-corrected chi connectivity index (χ0v) is 12.0. The topological polar surface area (TPSA) is 92.5 Å². The van der Waals surface area contributed by atoms with Gasteiger partial charge in [0.25, 0.3) is 0 Å². The molecule has 110 valence electrons. The first-order chi connectivity index (χ1) is 8.97. The minimum absolute atomic E-state index is 0.139. The Labute approximate surface area is 114 Å². The summed E-state index contributed by atoms with van der Waals surface area (Å²) in [5.74, 6) is 0. The molecule has 2 aliphatic rings. The summed E-state index contributed by atoms with van der Waals surface area (Å²) in [5.41, 5.74) is 0. The van der Waals surface area contributed by atoms with Crippen molar-refractivity contribution in [3.8, 4) is 0 Å². The molecule has 7 heteroatoms. The summed E-state index contributed by atoms with van der Waals surface area (Å²) in [6.07, 6.45) is 6.85. The van der Waals surface area contributed by atoms with Gasteiger partial charge in [-0.25, -0.2) is 18.4 Å². The summed E-state index contributed by atoms with van der Waals surface area (Å²) in [6.45, 7) is 0.835. The van der Waals surface area contributed by atoms with Crippen molar-refractivity contribution in [2.24, 2.45) is 5.14 Å². The van der Waals surface area contributed by atoms with Crippen LogP contribution in [0.5, 0.6) is 0 Å². The Hall–Kier alpha value is -0.820. The van der Waals surface area contributed by atoms with Gasteiger partial charge in [-0.2, -0.15) is 0 Å². The van der Waals surface area contributed by atoms with Crippen molar-refractivity contribution in [3.05, 3.63) is 0 Å². The highest BCUT2D eigenvalue weighted by Crippen LogP contribution is 2.19. The number of hydrogen-bond acceptors (Lipinski definition) is 3. The Balaban J connectivity index is 1.88. The third kappa shape index (κ3) is 4.07. The van der Waals surface area contributed by atoms with E-state index < -0.39 is 15.3 Å². The fourth-order valence-electron chi connectivity index (χ4n) is 2.90. The maximum absolute atomic E-state index is 12.1. The van der Waals surface area contributed by atoms with E-state index in [0.29, 0.717) is 19.4 Å². The van der Waals surface area contributed by atoms with Gasteiger partial charge in [-0.3, -0.25) is 0 Å². The number of nitrogens with zero attached hydrogens (tertiary/aromatic N) is 1. The van der Waals surface area contributed by atoms with E-state index in [2.05, 4.69) is 5.32 Å². The third-order valence-electron chi connectivity index (χ3n) is 4.06. The largest absolute Gasteiger partial charge is 0.335 e. The third-order valence-corrected chi connectivity index (χ3v) is 5.38. The molecule has 0 radical (unpaired) electrons. The lowest BCUT2D eigenvalue weighted by Crippen LogP contribution is -2.52. The lowest BCUT2D eigenvalue weighted by atomic mass is 9.96. The fourth-order valence-corrected chi connectivity index (χ4v) is 3.79. The molecule has 1 unspecified atom stereocenters. The molecule has 0 aromatic rings. The molecule has 0 aromatic carbocycles. The van der Waals surface area contributed by atoms with Crippen molar-refractivity contribution < 1.29 is 13.2 Å². The normalized spacial score (nSPS) is 26.2. The lowest BCUT2D eigenvalue weighted by Gasteiger charge is -2.33. The van der Waals surface area contributed by atoms with Crippen LogP contribution < -0.4 is 10.5 Å². The lowest BCUT2D eigenvalue weighted by molar-refractivity contribution is 0.180. The van der Waals surface area contributed by atoms with E-state index in [4.69, 9.17) is 5.14 Å². The molecule has 1 aliphatic carbocycles. The minimum Gasteiger partial charge on any atom is -0.335 e. The summed E-state index contributed by atoms with van der Waals surface area (Å²) in [5, 5.41) is 7.57. The van der Waals surface area contributed by atoms with Gasteiger partial charge >= 0.3 is 6.03 Å². The molecular weight excluding hydrogens is 266 g/mol. The van der Waals surface area contributed by atoms with Crippen LogP contribution in [0, 0.1) is 0 Å². The number of urea groups is 1. The van der Waals surface area contributed by atoms with Gasteiger partial charge in [0.15, 0.2) is 0 Å². The Morgan fingerprint density at radius 1 is 1.11 bits per heavy atom. The van der Waals surface area contributed by atoms with Gasteiger partial charge in [0.1, 0.15) is 0 Å². The van der Waals surface area contributed by atoms with E-state index in [0.717, 1.165) is 25.7 Å². The van der Waals surface area contributed by atoms with Crippen molar-refractivity contribution in [2.45, 2.75) is 56.2 Å². The standard InChI is InChI=1S/C12H23N3O3S/c13-19(17,18)11-7-4-8-15(9-11)12(16)14-10-5-2-1-3-6-10/h10-11H,1-9H2,(H,14,16)(H2,13,17,18). The molecule has 0 aromatic heterocycles. The molecule has 1 saturated carbocycles. The second-order valence-electron chi connectivity index (χ2n) is 5.58. The monoisotopic (exact) mass is 289 g/mol. The van der Waals surface area contributed by atoms with Crippen molar-refractivity contribution in [1.82, 2.24) is 10.2 Å². The molecule has 2 amide bonds. The highest BCUT2D eigenvalue weighted by atomic mass is 32.2. The van der Waals surface area contributed by atoms with E-state index in [9.17, 15) is 13.2 Å². The number of carbonyl (C=O) groups is 1. The smallest absolute Gasteiger partial charge is 0.317 e. The van der Waals surface area contributed by atoms with Crippen LogP contribution in [0.1, 0.15) is 44.9 Å². The van der Waals surface area contributed by atoms with Gasteiger partial charge in [0, 0.05) is 19.1 Å². The Morgan fingerprint density at radius 2 is 1.79 bits per heavy atom. The minimum atomic E-state index is -3.55. The molecule has 1 saturated heterocycles. The first-order valence-corrected chi connectivity index (χ1v) is 8.65. The van der Waals surface area contributed by atoms with Crippen molar-refractivity contribution in [1.29, 1.82) is 0 Å². The average Bonchev–Trinajstić information content (AvgIpc) is 2.39. The van der Waals surface area contributed by atoms with Crippen LogP contribution in [-0.4, -0.2) is 43.7 Å². The number of amides is 2. The first-order valence-electron chi connectivity index (χ1n) is 7.04. The molecular formula is C12H23N3O3S. The summed E-state index contributed by atoms with van der Waals surface area (Å²) in [4.78, 5) is 13.7. The van der Waals surface area contributed by atoms with Crippen LogP contribution in [0.15, 0.2) is 0 Å².